The minimum Gasteiger partial charge on any atom is -0.308 e. The van der Waals surface area contributed by atoms with Gasteiger partial charge in [-0.15, -0.1) is 0 Å². The topological polar surface area (TPSA) is 39.5 Å². The molecule has 0 atom stereocenters. The summed E-state index contributed by atoms with van der Waals surface area (Å²) >= 11 is 0. The average molecular weight is 179 g/mol. The van der Waals surface area contributed by atoms with E-state index in [-0.39, 0.29) is 0 Å². The van der Waals surface area contributed by atoms with Crippen LogP contribution in [0.3, 0.4) is 0 Å². The van der Waals surface area contributed by atoms with E-state index < -0.39 is 0 Å². The van der Waals surface area contributed by atoms with Gasteiger partial charge in [0.2, 0.25) is 0 Å². The highest BCUT2D eigenvalue weighted by atomic mass is 15.1. The summed E-state index contributed by atoms with van der Waals surface area (Å²) in [5, 5.41) is 7.29. The van der Waals surface area contributed by atoms with Crippen LogP contribution in [0.1, 0.15) is 20.3 Å². The summed E-state index contributed by atoms with van der Waals surface area (Å²) in [6.07, 6.45) is 4.22. The zero-order valence-corrected chi connectivity index (χ0v) is 8.38. The third-order valence-corrected chi connectivity index (χ3v) is 2.34. The highest BCUT2D eigenvalue weighted by Gasteiger charge is 2.15. The van der Waals surface area contributed by atoms with Crippen molar-refractivity contribution in [3.63, 3.8) is 0 Å². The van der Waals surface area contributed by atoms with Crippen molar-refractivity contribution in [2.45, 2.75) is 20.3 Å². The number of rotatable bonds is 3. The van der Waals surface area contributed by atoms with Crippen LogP contribution < -0.4 is 0 Å². The Morgan fingerprint density at radius 1 is 1.62 bits per heavy atom. The van der Waals surface area contributed by atoms with Gasteiger partial charge in [-0.2, -0.15) is 0 Å². The maximum atomic E-state index is 7.29. The van der Waals surface area contributed by atoms with E-state index >= 15 is 0 Å². The molecular formula is C10H17N3. The molecule has 1 N–H and O–H groups in total. The standard InChI is InChI=1S/C10H17N3/c1-3-12-10-5-6-13(4-2)8-9(10)7-11/h3,7,11H,4-6,8H2,1-2H3. The third kappa shape index (κ3) is 2.49. The molecule has 0 aromatic heterocycles. The number of nitrogens with zero attached hydrogens (tertiary/aromatic N) is 2. The van der Waals surface area contributed by atoms with Crippen LogP contribution >= 0.6 is 0 Å². The number of nitrogens with one attached hydrogen (secondary N) is 1. The van der Waals surface area contributed by atoms with Gasteiger partial charge in [-0.05, 0) is 13.5 Å². The van der Waals surface area contributed by atoms with Crippen LogP contribution in [0.15, 0.2) is 16.3 Å². The summed E-state index contributed by atoms with van der Waals surface area (Å²) in [6, 6.07) is 0. The van der Waals surface area contributed by atoms with Gasteiger partial charge in [0.15, 0.2) is 0 Å². The molecule has 0 saturated carbocycles. The number of hydrogen-bond acceptors (Lipinski definition) is 3. The molecule has 0 aromatic carbocycles. The molecular weight excluding hydrogens is 162 g/mol. The van der Waals surface area contributed by atoms with Crippen LogP contribution in [0.5, 0.6) is 0 Å². The predicted molar refractivity (Wildman–Crippen MR) is 56.7 cm³/mol. The van der Waals surface area contributed by atoms with Crippen molar-refractivity contribution in [3.8, 4) is 0 Å². The van der Waals surface area contributed by atoms with Gasteiger partial charge in [-0.25, -0.2) is 0 Å². The molecule has 0 amide bonds. The lowest BCUT2D eigenvalue weighted by molar-refractivity contribution is 0.305. The summed E-state index contributed by atoms with van der Waals surface area (Å²) in [5.41, 5.74) is 2.15. The number of hydrogen-bond donors (Lipinski definition) is 1. The summed E-state index contributed by atoms with van der Waals surface area (Å²) in [6.45, 7) is 7.07. The zero-order valence-electron chi connectivity index (χ0n) is 8.38. The number of likely N-dealkylation sites (N-methyl/N-ethyl adjacent to an activating group) is 1. The van der Waals surface area contributed by atoms with Crippen LogP contribution in [0.4, 0.5) is 0 Å². The monoisotopic (exact) mass is 179 g/mol. The molecule has 1 rings (SSSR count). The first-order valence-corrected chi connectivity index (χ1v) is 4.75. The lowest BCUT2D eigenvalue weighted by Gasteiger charge is -2.26. The Balaban J connectivity index is 2.78. The minimum absolute atomic E-state index is 0.882. The summed E-state index contributed by atoms with van der Waals surface area (Å²) in [7, 11) is 0. The van der Waals surface area contributed by atoms with Crippen molar-refractivity contribution >= 4 is 12.4 Å². The van der Waals surface area contributed by atoms with Crippen LogP contribution in [0.2, 0.25) is 0 Å². The van der Waals surface area contributed by atoms with Crippen molar-refractivity contribution in [1.82, 2.24) is 4.90 Å². The molecule has 0 radical (unpaired) electrons. The first-order valence-electron chi connectivity index (χ1n) is 4.75. The smallest absolute Gasteiger partial charge is 0.0472 e. The van der Waals surface area contributed by atoms with Gasteiger partial charge in [0.05, 0.1) is 0 Å². The van der Waals surface area contributed by atoms with E-state index in [1.807, 2.05) is 6.92 Å². The van der Waals surface area contributed by atoms with Gasteiger partial charge in [-0.1, -0.05) is 6.92 Å². The molecule has 72 valence electrons. The fourth-order valence-electron chi connectivity index (χ4n) is 1.54. The second-order valence-corrected chi connectivity index (χ2v) is 3.12. The van der Waals surface area contributed by atoms with Crippen LogP contribution in [-0.4, -0.2) is 37.0 Å². The fraction of sp³-hybridized carbons (Fsp3) is 0.600. The second kappa shape index (κ2) is 4.92. The largest absolute Gasteiger partial charge is 0.308 e. The van der Waals surface area contributed by atoms with E-state index in [0.29, 0.717) is 0 Å². The van der Waals surface area contributed by atoms with E-state index in [4.69, 9.17) is 5.41 Å². The molecule has 1 aliphatic rings. The summed E-state index contributed by atoms with van der Waals surface area (Å²) < 4.78 is 0. The molecule has 0 aromatic rings. The van der Waals surface area contributed by atoms with Crippen LogP contribution in [0, 0.1) is 5.41 Å². The lowest BCUT2D eigenvalue weighted by Crippen LogP contribution is -2.31. The molecule has 0 spiro atoms. The highest BCUT2D eigenvalue weighted by molar-refractivity contribution is 5.78. The van der Waals surface area contributed by atoms with Crippen molar-refractivity contribution in [3.05, 3.63) is 11.3 Å². The molecule has 1 heterocycles. The molecule has 13 heavy (non-hydrogen) atoms. The maximum absolute atomic E-state index is 7.29. The quantitative estimate of drug-likeness (QED) is 0.658. The van der Waals surface area contributed by atoms with Gasteiger partial charge in [0.1, 0.15) is 0 Å². The minimum atomic E-state index is 0.882. The van der Waals surface area contributed by atoms with Crippen molar-refractivity contribution in [2.75, 3.05) is 19.6 Å². The van der Waals surface area contributed by atoms with Gasteiger partial charge in [0.25, 0.3) is 0 Å². The first kappa shape index (κ1) is 10.1. The fourth-order valence-corrected chi connectivity index (χ4v) is 1.54. The molecule has 0 unspecified atom stereocenters. The Morgan fingerprint density at radius 2 is 2.38 bits per heavy atom. The van der Waals surface area contributed by atoms with Crippen molar-refractivity contribution in [2.24, 2.45) is 4.99 Å². The van der Waals surface area contributed by atoms with Crippen LogP contribution in [0.25, 0.3) is 0 Å². The van der Waals surface area contributed by atoms with E-state index in [1.54, 1.807) is 6.21 Å². The van der Waals surface area contributed by atoms with Crippen molar-refractivity contribution < 1.29 is 0 Å². The Labute approximate surface area is 79.7 Å². The molecule has 3 heteroatoms. The van der Waals surface area contributed by atoms with Gasteiger partial charge in [-0.3, -0.25) is 9.89 Å². The van der Waals surface area contributed by atoms with Gasteiger partial charge in [0, 0.05) is 43.2 Å². The average Bonchev–Trinajstić information content (AvgIpc) is 2.19. The summed E-state index contributed by atoms with van der Waals surface area (Å²) in [5.74, 6) is 0. The Hall–Kier alpha value is -0.960. The molecule has 0 fully saturated rings. The second-order valence-electron chi connectivity index (χ2n) is 3.12. The third-order valence-electron chi connectivity index (χ3n) is 2.34. The molecule has 0 bridgehead atoms. The maximum Gasteiger partial charge on any atom is 0.0472 e. The Morgan fingerprint density at radius 3 is 2.92 bits per heavy atom. The zero-order chi connectivity index (χ0) is 9.68. The van der Waals surface area contributed by atoms with Gasteiger partial charge < -0.3 is 5.41 Å². The Bertz CT molecular complexity index is 241. The number of aliphatic imine (C=N–C) groups is 1. The molecule has 0 aliphatic carbocycles. The summed E-state index contributed by atoms with van der Waals surface area (Å²) in [4.78, 5) is 6.61. The van der Waals surface area contributed by atoms with Gasteiger partial charge >= 0.3 is 0 Å². The molecule has 3 nitrogen and oxygen atoms in total. The normalized spacial score (nSPS) is 19.8. The van der Waals surface area contributed by atoms with E-state index in [2.05, 4.69) is 16.8 Å². The molecule has 0 saturated heterocycles. The highest BCUT2D eigenvalue weighted by Crippen LogP contribution is 2.16. The molecule has 1 aliphatic heterocycles. The lowest BCUT2D eigenvalue weighted by atomic mass is 10.1. The predicted octanol–water partition coefficient (Wildman–Crippen LogP) is 1.71. The van der Waals surface area contributed by atoms with E-state index in [0.717, 1.165) is 37.3 Å². The van der Waals surface area contributed by atoms with Crippen molar-refractivity contribution in [1.29, 1.82) is 5.41 Å². The van der Waals surface area contributed by atoms with E-state index in [1.165, 1.54) is 6.21 Å². The van der Waals surface area contributed by atoms with Crippen LogP contribution in [-0.2, 0) is 0 Å². The van der Waals surface area contributed by atoms with E-state index in [9.17, 15) is 0 Å². The Kier molecular flexibility index (Phi) is 3.83. The first-order chi connectivity index (χ1) is 6.31. The SMILES string of the molecule is CC=NC1=C(C=N)CN(CC)CC1.